The first kappa shape index (κ1) is 36.4. The molecule has 2 aliphatic carbocycles. The van der Waals surface area contributed by atoms with Crippen molar-refractivity contribution in [3.63, 3.8) is 0 Å². The molecule has 2 nitrogen and oxygen atoms in total. The fraction of sp³-hybridized carbons (Fsp3) is 0.123. The van der Waals surface area contributed by atoms with Crippen molar-refractivity contribution < 1.29 is 0 Å². The molecule has 0 bridgehead atoms. The summed E-state index contributed by atoms with van der Waals surface area (Å²) in [6.45, 7) is 11.6. The van der Waals surface area contributed by atoms with Crippen LogP contribution in [0.25, 0.3) is 34.4 Å². The molecular weight excluding hydrogens is 713 g/mol. The lowest BCUT2D eigenvalue weighted by Gasteiger charge is -2.29. The van der Waals surface area contributed by atoms with Gasteiger partial charge in [-0.25, -0.2) is 0 Å². The van der Waals surface area contributed by atoms with Crippen LogP contribution in [-0.2, 0) is 10.8 Å². The maximum atomic E-state index is 2.44. The van der Waals surface area contributed by atoms with E-state index in [2.05, 4.69) is 245 Å². The molecule has 8 aromatic rings. The Bertz CT molecular complexity index is 2770. The molecule has 0 atom stereocenters. The summed E-state index contributed by atoms with van der Waals surface area (Å²) in [6.07, 6.45) is 4.42. The van der Waals surface area contributed by atoms with E-state index in [9.17, 15) is 0 Å². The Morgan fingerprint density at radius 1 is 0.322 bits per heavy atom. The fourth-order valence-corrected chi connectivity index (χ4v) is 9.56. The van der Waals surface area contributed by atoms with Gasteiger partial charge in [-0.05, 0) is 141 Å². The Morgan fingerprint density at radius 2 is 0.695 bits per heavy atom. The molecule has 0 aromatic heterocycles. The Labute approximate surface area is 349 Å². The quantitative estimate of drug-likeness (QED) is 0.142. The first-order chi connectivity index (χ1) is 28.7. The van der Waals surface area contributed by atoms with E-state index in [1.165, 1.54) is 50.1 Å². The zero-order valence-electron chi connectivity index (χ0n) is 34.4. The normalized spacial score (nSPS) is 14.1. The van der Waals surface area contributed by atoms with Crippen LogP contribution >= 0.6 is 0 Å². The number of hydrogen-bond donors (Lipinski definition) is 0. The van der Waals surface area contributed by atoms with Crippen molar-refractivity contribution >= 4 is 46.3 Å². The Balaban J connectivity index is 0.986. The predicted molar refractivity (Wildman–Crippen MR) is 251 cm³/mol. The van der Waals surface area contributed by atoms with Crippen LogP contribution in [0.5, 0.6) is 0 Å². The van der Waals surface area contributed by atoms with E-state index >= 15 is 0 Å². The average molecular weight is 761 g/mol. The van der Waals surface area contributed by atoms with Gasteiger partial charge in [0.1, 0.15) is 0 Å². The van der Waals surface area contributed by atoms with E-state index in [1.807, 2.05) is 0 Å². The molecular formula is C57H48N2. The highest BCUT2D eigenvalue weighted by Crippen LogP contribution is 2.53. The van der Waals surface area contributed by atoms with E-state index in [0.29, 0.717) is 0 Å². The summed E-state index contributed by atoms with van der Waals surface area (Å²) in [5.41, 5.74) is 21.1. The van der Waals surface area contributed by atoms with Crippen molar-refractivity contribution in [2.75, 3.05) is 9.80 Å². The summed E-state index contributed by atoms with van der Waals surface area (Å²) in [4.78, 5) is 4.75. The molecule has 0 radical (unpaired) electrons. The Morgan fingerprint density at radius 3 is 1.19 bits per heavy atom. The second-order valence-electron chi connectivity index (χ2n) is 17.2. The third kappa shape index (κ3) is 6.28. The summed E-state index contributed by atoms with van der Waals surface area (Å²) >= 11 is 0. The average Bonchev–Trinajstić information content (AvgIpc) is 3.63. The molecule has 0 fully saturated rings. The van der Waals surface area contributed by atoms with Gasteiger partial charge in [0, 0.05) is 45.0 Å². The van der Waals surface area contributed by atoms with Crippen LogP contribution in [0.4, 0.5) is 34.1 Å². The number of rotatable bonds is 8. The first-order valence-electron chi connectivity index (χ1n) is 20.8. The molecule has 2 heteroatoms. The number of para-hydroxylation sites is 1. The van der Waals surface area contributed by atoms with Gasteiger partial charge in [-0.1, -0.05) is 155 Å². The monoisotopic (exact) mass is 760 g/mol. The van der Waals surface area contributed by atoms with E-state index in [4.69, 9.17) is 0 Å². The van der Waals surface area contributed by atoms with E-state index in [-0.39, 0.29) is 10.8 Å². The highest BCUT2D eigenvalue weighted by atomic mass is 15.1. The Kier molecular flexibility index (Phi) is 8.76. The van der Waals surface area contributed by atoms with Crippen molar-refractivity contribution in [3.05, 3.63) is 227 Å². The maximum Gasteiger partial charge on any atom is 0.0465 e. The summed E-state index contributed by atoms with van der Waals surface area (Å²) in [6, 6.07) is 69.0. The molecule has 286 valence electrons. The van der Waals surface area contributed by atoms with Crippen LogP contribution in [0.3, 0.4) is 0 Å². The van der Waals surface area contributed by atoms with Gasteiger partial charge in [-0.2, -0.15) is 0 Å². The SMILES string of the molecule is Cc1cccc(N(c2ccccc2)c2ccc(/C=C/c3ccc(N(c4ccc5c(c4)C(C)(C)c4ccccc4-5)c4ccc5c(c4)C(C)(C)c4ccccc4-5)cc3)cc2)c1. The molecule has 0 saturated heterocycles. The summed E-state index contributed by atoms with van der Waals surface area (Å²) < 4.78 is 0. The van der Waals surface area contributed by atoms with Crippen LogP contribution in [0.2, 0.25) is 0 Å². The number of nitrogens with zero attached hydrogens (tertiary/aromatic N) is 2. The highest BCUT2D eigenvalue weighted by molar-refractivity contribution is 5.89. The van der Waals surface area contributed by atoms with Crippen molar-refractivity contribution in [3.8, 4) is 22.3 Å². The molecule has 10 rings (SSSR count). The van der Waals surface area contributed by atoms with E-state index < -0.39 is 0 Å². The highest BCUT2D eigenvalue weighted by Gasteiger charge is 2.37. The molecule has 0 N–H and O–H groups in total. The van der Waals surface area contributed by atoms with Crippen LogP contribution in [-0.4, -0.2) is 0 Å². The molecule has 2 aliphatic rings. The molecule has 0 unspecified atom stereocenters. The molecule has 0 amide bonds. The van der Waals surface area contributed by atoms with Crippen LogP contribution in [0, 0.1) is 6.92 Å². The van der Waals surface area contributed by atoms with Gasteiger partial charge >= 0.3 is 0 Å². The van der Waals surface area contributed by atoms with Crippen molar-refractivity contribution in [2.45, 2.75) is 45.4 Å². The minimum Gasteiger partial charge on any atom is -0.310 e. The van der Waals surface area contributed by atoms with Crippen LogP contribution < -0.4 is 9.80 Å². The number of benzene rings is 8. The molecule has 0 heterocycles. The number of hydrogen-bond acceptors (Lipinski definition) is 2. The first-order valence-corrected chi connectivity index (χ1v) is 20.8. The standard InChI is InChI=1S/C57H48N2/c1-39-14-13-17-45(36-39)58(42-15-7-6-8-16-42)43-28-24-40(25-29-43)22-23-41-26-30-44(31-27-41)59(46-32-34-50-48-18-9-11-20-52(48)56(2,3)54(50)37-46)47-33-35-51-49-19-10-12-21-53(49)57(4,5)55(51)38-47/h6-38H,1-5H3/b23-22+. The molecule has 0 aliphatic heterocycles. The second kappa shape index (κ2) is 14.2. The second-order valence-corrected chi connectivity index (χ2v) is 17.2. The van der Waals surface area contributed by atoms with E-state index in [1.54, 1.807) is 0 Å². The zero-order chi connectivity index (χ0) is 40.3. The van der Waals surface area contributed by atoms with Gasteiger partial charge in [0.2, 0.25) is 0 Å². The summed E-state index contributed by atoms with van der Waals surface area (Å²) in [7, 11) is 0. The van der Waals surface area contributed by atoms with Gasteiger partial charge in [-0.3, -0.25) is 0 Å². The van der Waals surface area contributed by atoms with Crippen molar-refractivity contribution in [1.29, 1.82) is 0 Å². The van der Waals surface area contributed by atoms with Crippen molar-refractivity contribution in [1.82, 2.24) is 0 Å². The van der Waals surface area contributed by atoms with Gasteiger partial charge in [0.25, 0.3) is 0 Å². The summed E-state index contributed by atoms with van der Waals surface area (Å²) in [5, 5.41) is 0. The third-order valence-electron chi connectivity index (χ3n) is 12.7. The number of anilines is 6. The molecule has 59 heavy (non-hydrogen) atoms. The van der Waals surface area contributed by atoms with E-state index in [0.717, 1.165) is 45.3 Å². The van der Waals surface area contributed by atoms with Gasteiger partial charge in [-0.15, -0.1) is 0 Å². The Hall–Kier alpha value is -6.90. The lowest BCUT2D eigenvalue weighted by atomic mass is 9.82. The van der Waals surface area contributed by atoms with Crippen LogP contribution in [0.1, 0.15) is 66.6 Å². The molecule has 8 aromatic carbocycles. The maximum absolute atomic E-state index is 2.44. The summed E-state index contributed by atoms with van der Waals surface area (Å²) in [5.74, 6) is 0. The fourth-order valence-electron chi connectivity index (χ4n) is 9.56. The molecule has 0 saturated carbocycles. The predicted octanol–water partition coefficient (Wildman–Crippen LogP) is 15.7. The number of fused-ring (bicyclic) bond motifs is 6. The van der Waals surface area contributed by atoms with Gasteiger partial charge in [0.15, 0.2) is 0 Å². The minimum atomic E-state index is -0.0948. The van der Waals surface area contributed by atoms with Gasteiger partial charge < -0.3 is 9.80 Å². The lowest BCUT2D eigenvalue weighted by molar-refractivity contribution is 0.660. The van der Waals surface area contributed by atoms with Gasteiger partial charge in [0.05, 0.1) is 0 Å². The largest absolute Gasteiger partial charge is 0.310 e. The molecule has 0 spiro atoms. The zero-order valence-corrected chi connectivity index (χ0v) is 34.4. The third-order valence-corrected chi connectivity index (χ3v) is 12.7. The number of aryl methyl sites for hydroxylation is 1. The lowest BCUT2D eigenvalue weighted by Crippen LogP contribution is -2.18. The van der Waals surface area contributed by atoms with Crippen molar-refractivity contribution in [2.24, 2.45) is 0 Å². The smallest absolute Gasteiger partial charge is 0.0465 e. The van der Waals surface area contributed by atoms with Crippen LogP contribution in [0.15, 0.2) is 188 Å². The topological polar surface area (TPSA) is 6.48 Å². The minimum absolute atomic E-state index is 0.0948.